The first-order valence-corrected chi connectivity index (χ1v) is 4.33. The molecule has 0 aromatic rings. The maximum Gasteiger partial charge on any atom is 0.189 e. The lowest BCUT2D eigenvalue weighted by Gasteiger charge is -2.21. The highest BCUT2D eigenvalue weighted by Crippen LogP contribution is 2.05. The van der Waals surface area contributed by atoms with Gasteiger partial charge in [-0.25, -0.2) is 0 Å². The Bertz CT molecular complexity index is 161. The summed E-state index contributed by atoms with van der Waals surface area (Å²) in [6, 6.07) is 0. The molecule has 1 N–H and O–H groups in total. The molecule has 7 heavy (non-hydrogen) atoms. The van der Waals surface area contributed by atoms with Crippen molar-refractivity contribution in [2.75, 3.05) is 12.5 Å². The van der Waals surface area contributed by atoms with Gasteiger partial charge in [-0.15, -0.1) is 9.35 Å². The van der Waals surface area contributed by atoms with Crippen LogP contribution in [0.1, 0.15) is 0 Å². The summed E-state index contributed by atoms with van der Waals surface area (Å²) in [4.78, 5) is 0. The SMILES string of the molecule is CS(C)(=O)(O)C#N. The number of nitrogens with zero attached hydrogens (tertiary/aromatic N) is 1. The Morgan fingerprint density at radius 3 is 1.86 bits per heavy atom. The van der Waals surface area contributed by atoms with Crippen LogP contribution in [0.4, 0.5) is 0 Å². The average Bonchev–Trinajstić information content (AvgIpc) is 1.32. The van der Waals surface area contributed by atoms with Crippen LogP contribution in [0.2, 0.25) is 0 Å². The van der Waals surface area contributed by atoms with E-state index in [1.165, 1.54) is 5.40 Å². The molecule has 0 atom stereocenters. The van der Waals surface area contributed by atoms with Gasteiger partial charge in [0, 0.05) is 12.5 Å². The van der Waals surface area contributed by atoms with Gasteiger partial charge in [0.25, 0.3) is 0 Å². The molecular formula is C3H7NO2S. The molecule has 0 saturated heterocycles. The molecule has 0 spiro atoms. The van der Waals surface area contributed by atoms with E-state index in [2.05, 4.69) is 0 Å². The Labute approximate surface area is 42.2 Å². The Morgan fingerprint density at radius 2 is 1.86 bits per heavy atom. The highest BCUT2D eigenvalue weighted by molar-refractivity contribution is 8.17. The third-order valence-electron chi connectivity index (χ3n) is 0.261. The molecule has 0 amide bonds. The lowest BCUT2D eigenvalue weighted by Crippen LogP contribution is -2.24. The molecule has 0 aromatic carbocycles. The van der Waals surface area contributed by atoms with Crippen molar-refractivity contribution in [3.8, 4) is 5.40 Å². The van der Waals surface area contributed by atoms with E-state index in [0.29, 0.717) is 0 Å². The second-order valence-corrected chi connectivity index (χ2v) is 5.57. The maximum atomic E-state index is 10.4. The van der Waals surface area contributed by atoms with Crippen LogP contribution in [0.25, 0.3) is 0 Å². The number of thiocyanates is 1. The summed E-state index contributed by atoms with van der Waals surface area (Å²) in [6.45, 7) is 0. The molecule has 0 aliphatic heterocycles. The van der Waals surface area contributed by atoms with Gasteiger partial charge < -0.3 is 0 Å². The van der Waals surface area contributed by atoms with Gasteiger partial charge in [-0.1, -0.05) is 0 Å². The zero-order valence-corrected chi connectivity index (χ0v) is 5.03. The molecule has 0 unspecified atom stereocenters. The van der Waals surface area contributed by atoms with E-state index in [-0.39, 0.29) is 0 Å². The van der Waals surface area contributed by atoms with Gasteiger partial charge in [0.15, 0.2) is 5.40 Å². The van der Waals surface area contributed by atoms with E-state index in [1.807, 2.05) is 0 Å². The molecular weight excluding hydrogens is 114 g/mol. The zero-order chi connectivity index (χ0) is 6.15. The number of hydrogen-bond acceptors (Lipinski definition) is 2. The first-order valence-electron chi connectivity index (χ1n) is 1.59. The fourth-order valence-electron chi connectivity index (χ4n) is 0. The number of hydrogen-bond donors (Lipinski definition) is 1. The molecule has 0 aliphatic carbocycles. The quantitative estimate of drug-likeness (QED) is 0.459. The fraction of sp³-hybridized carbons (Fsp3) is 0.667. The predicted molar refractivity (Wildman–Crippen MR) is 28.2 cm³/mol. The predicted octanol–water partition coefficient (Wildman–Crippen LogP) is 0.0202. The van der Waals surface area contributed by atoms with Gasteiger partial charge in [0.1, 0.15) is 0 Å². The summed E-state index contributed by atoms with van der Waals surface area (Å²) in [6.07, 6.45) is 2.02. The average molecular weight is 121 g/mol. The van der Waals surface area contributed by atoms with E-state index in [9.17, 15) is 4.21 Å². The molecule has 0 saturated carbocycles. The van der Waals surface area contributed by atoms with E-state index < -0.39 is 9.35 Å². The lowest BCUT2D eigenvalue weighted by molar-refractivity contribution is 0.540. The van der Waals surface area contributed by atoms with Gasteiger partial charge in [0.2, 0.25) is 0 Å². The van der Waals surface area contributed by atoms with E-state index >= 15 is 0 Å². The van der Waals surface area contributed by atoms with Crippen molar-refractivity contribution < 1.29 is 8.76 Å². The Morgan fingerprint density at radius 1 is 1.71 bits per heavy atom. The second kappa shape index (κ2) is 1.05. The standard InChI is InChI=1S/C3H7NO2S/c1-7(2,5,6)3-4/h1-2H3,(H,5,6). The molecule has 0 rings (SSSR count). The van der Waals surface area contributed by atoms with E-state index in [4.69, 9.17) is 9.81 Å². The molecule has 0 radical (unpaired) electrons. The summed E-state index contributed by atoms with van der Waals surface area (Å²) in [7, 11) is -3.81. The Balaban J connectivity index is 4.58. The highest BCUT2D eigenvalue weighted by Gasteiger charge is 2.08. The lowest BCUT2D eigenvalue weighted by atomic mass is 11.8. The Kier molecular flexibility index (Phi) is 0.994. The van der Waals surface area contributed by atoms with Crippen LogP contribution in [0.15, 0.2) is 0 Å². The van der Waals surface area contributed by atoms with Crippen LogP contribution in [-0.2, 0) is 9.35 Å². The largest absolute Gasteiger partial charge is 0.291 e. The van der Waals surface area contributed by atoms with Gasteiger partial charge in [0.05, 0.1) is 0 Å². The minimum atomic E-state index is -3.81. The van der Waals surface area contributed by atoms with Gasteiger partial charge in [-0.3, -0.25) is 4.55 Å². The van der Waals surface area contributed by atoms with Crippen LogP contribution < -0.4 is 0 Å². The molecule has 0 aliphatic rings. The van der Waals surface area contributed by atoms with Crippen LogP contribution in [-0.4, -0.2) is 21.3 Å². The Hall–Kier alpha value is -0.400. The van der Waals surface area contributed by atoms with Crippen molar-refractivity contribution in [1.82, 2.24) is 0 Å². The number of rotatable bonds is 0. The van der Waals surface area contributed by atoms with Crippen LogP contribution >= 0.6 is 0 Å². The van der Waals surface area contributed by atoms with E-state index in [1.54, 1.807) is 0 Å². The maximum absolute atomic E-state index is 10.4. The van der Waals surface area contributed by atoms with Crippen LogP contribution in [0.5, 0.6) is 0 Å². The summed E-state index contributed by atoms with van der Waals surface area (Å²) >= 11 is 0. The molecule has 42 valence electrons. The van der Waals surface area contributed by atoms with Crippen LogP contribution in [0.3, 0.4) is 0 Å². The van der Waals surface area contributed by atoms with Gasteiger partial charge in [-0.2, -0.15) is 9.47 Å². The fourth-order valence-corrected chi connectivity index (χ4v) is 0. The molecule has 0 aromatic heterocycles. The summed E-state index contributed by atoms with van der Waals surface area (Å²) < 4.78 is 18.8. The van der Waals surface area contributed by atoms with Gasteiger partial charge >= 0.3 is 0 Å². The topological polar surface area (TPSA) is 61.1 Å². The summed E-state index contributed by atoms with van der Waals surface area (Å²) in [5.41, 5.74) is 0. The molecule has 3 nitrogen and oxygen atoms in total. The van der Waals surface area contributed by atoms with Crippen molar-refractivity contribution in [1.29, 1.82) is 5.26 Å². The second-order valence-electron chi connectivity index (χ2n) is 1.86. The first-order chi connectivity index (χ1) is 2.81. The minimum Gasteiger partial charge on any atom is -0.291 e. The van der Waals surface area contributed by atoms with Gasteiger partial charge in [-0.05, 0) is 0 Å². The third kappa shape index (κ3) is 5.60. The van der Waals surface area contributed by atoms with E-state index in [0.717, 1.165) is 12.5 Å². The van der Waals surface area contributed by atoms with Crippen LogP contribution in [0, 0.1) is 10.7 Å². The third-order valence-corrected chi connectivity index (χ3v) is 0.782. The molecule has 4 heteroatoms. The van der Waals surface area contributed by atoms with Crippen molar-refractivity contribution >= 4 is 9.35 Å². The zero-order valence-electron chi connectivity index (χ0n) is 4.21. The normalized spacial score (nSPS) is 16.6. The summed E-state index contributed by atoms with van der Waals surface area (Å²) in [5.74, 6) is 0. The van der Waals surface area contributed by atoms with Crippen molar-refractivity contribution in [2.24, 2.45) is 0 Å². The van der Waals surface area contributed by atoms with Crippen molar-refractivity contribution in [3.05, 3.63) is 0 Å². The monoisotopic (exact) mass is 121 g/mol. The first kappa shape index (κ1) is 6.60. The molecule has 0 heterocycles. The molecule has 0 fully saturated rings. The summed E-state index contributed by atoms with van der Waals surface area (Å²) in [5, 5.41) is 9.19. The van der Waals surface area contributed by atoms with Crippen molar-refractivity contribution in [2.45, 2.75) is 0 Å². The van der Waals surface area contributed by atoms with Crippen molar-refractivity contribution in [3.63, 3.8) is 0 Å². The smallest absolute Gasteiger partial charge is 0.189 e. The highest BCUT2D eigenvalue weighted by atomic mass is 32.3. The minimum absolute atomic E-state index is 1.01. The number of nitriles is 1. The molecule has 0 bridgehead atoms.